The second kappa shape index (κ2) is 7.19. The third-order valence-corrected chi connectivity index (χ3v) is 5.00. The molecule has 1 atom stereocenters. The molecule has 1 N–H and O–H groups in total. The van der Waals surface area contributed by atoms with E-state index in [1.165, 1.54) is 12.8 Å². The molecule has 4 heterocycles. The van der Waals surface area contributed by atoms with Crippen LogP contribution in [0.4, 0.5) is 5.82 Å². The van der Waals surface area contributed by atoms with Gasteiger partial charge in [0.15, 0.2) is 0 Å². The van der Waals surface area contributed by atoms with Gasteiger partial charge >= 0.3 is 0 Å². The van der Waals surface area contributed by atoms with E-state index in [0.29, 0.717) is 12.1 Å². The molecule has 0 aliphatic carbocycles. The van der Waals surface area contributed by atoms with Gasteiger partial charge in [-0.15, -0.1) is 0 Å². The highest BCUT2D eigenvalue weighted by Gasteiger charge is 2.29. The Morgan fingerprint density at radius 3 is 2.72 bits per heavy atom. The van der Waals surface area contributed by atoms with E-state index in [4.69, 9.17) is 0 Å². The number of aromatic nitrogens is 2. The Kier molecular flexibility index (Phi) is 4.61. The number of carbonyl (C=O) groups excluding carboxylic acids is 1. The third-order valence-electron chi connectivity index (χ3n) is 5.00. The standard InChI is InChI=1S/C19H23N5O/c25-19(16-5-6-18(22-13-16)23-9-1-2-10-23)24-11-8-21-14-17(24)15-4-3-7-20-12-15/h3-7,12-13,17,21H,1-2,8-11,14H2. The smallest absolute Gasteiger partial charge is 0.256 e. The first-order valence-electron chi connectivity index (χ1n) is 8.95. The molecule has 2 fully saturated rings. The van der Waals surface area contributed by atoms with Gasteiger partial charge in [-0.05, 0) is 36.6 Å². The number of nitrogens with one attached hydrogen (secondary N) is 1. The summed E-state index contributed by atoms with van der Waals surface area (Å²) in [7, 11) is 0. The maximum Gasteiger partial charge on any atom is 0.256 e. The summed E-state index contributed by atoms with van der Waals surface area (Å²) in [6, 6.07) is 7.83. The molecular weight excluding hydrogens is 314 g/mol. The average molecular weight is 337 g/mol. The predicted molar refractivity (Wildman–Crippen MR) is 96.6 cm³/mol. The molecule has 0 spiro atoms. The molecule has 4 rings (SSSR count). The SMILES string of the molecule is O=C(c1ccc(N2CCCC2)nc1)N1CCNCC1c1cccnc1. The zero-order valence-corrected chi connectivity index (χ0v) is 14.3. The van der Waals surface area contributed by atoms with Crippen LogP contribution in [-0.2, 0) is 0 Å². The first-order chi connectivity index (χ1) is 12.3. The van der Waals surface area contributed by atoms with Crippen LogP contribution in [0, 0.1) is 0 Å². The summed E-state index contributed by atoms with van der Waals surface area (Å²) < 4.78 is 0. The van der Waals surface area contributed by atoms with Crippen molar-refractivity contribution in [3.63, 3.8) is 0 Å². The Bertz CT molecular complexity index is 712. The largest absolute Gasteiger partial charge is 0.357 e. The van der Waals surface area contributed by atoms with E-state index in [0.717, 1.165) is 37.6 Å². The van der Waals surface area contributed by atoms with E-state index < -0.39 is 0 Å². The molecule has 0 radical (unpaired) electrons. The van der Waals surface area contributed by atoms with E-state index in [1.807, 2.05) is 35.4 Å². The van der Waals surface area contributed by atoms with E-state index in [2.05, 4.69) is 20.2 Å². The molecule has 2 aromatic rings. The summed E-state index contributed by atoms with van der Waals surface area (Å²) >= 11 is 0. The molecule has 1 unspecified atom stereocenters. The minimum Gasteiger partial charge on any atom is -0.357 e. The number of pyridine rings is 2. The number of hydrogen-bond acceptors (Lipinski definition) is 5. The van der Waals surface area contributed by atoms with E-state index in [9.17, 15) is 4.79 Å². The van der Waals surface area contributed by atoms with Gasteiger partial charge in [0, 0.05) is 51.3 Å². The van der Waals surface area contributed by atoms with Crippen LogP contribution in [0.3, 0.4) is 0 Å². The summed E-state index contributed by atoms with van der Waals surface area (Å²) in [6.07, 6.45) is 7.75. The normalized spacial score (nSPS) is 20.7. The van der Waals surface area contributed by atoms with Crippen LogP contribution < -0.4 is 10.2 Å². The Labute approximate surface area is 147 Å². The summed E-state index contributed by atoms with van der Waals surface area (Å²) in [5, 5.41) is 3.37. The average Bonchev–Trinajstić information content (AvgIpc) is 3.23. The topological polar surface area (TPSA) is 61.4 Å². The van der Waals surface area contributed by atoms with Gasteiger partial charge in [0.25, 0.3) is 5.91 Å². The van der Waals surface area contributed by atoms with Crippen molar-refractivity contribution in [2.75, 3.05) is 37.6 Å². The van der Waals surface area contributed by atoms with Crippen LogP contribution in [0.2, 0.25) is 0 Å². The Hall–Kier alpha value is -2.47. The van der Waals surface area contributed by atoms with Crippen molar-refractivity contribution < 1.29 is 4.79 Å². The number of rotatable bonds is 3. The van der Waals surface area contributed by atoms with E-state index in [-0.39, 0.29) is 11.9 Å². The monoisotopic (exact) mass is 337 g/mol. The minimum atomic E-state index is 0.00760. The van der Waals surface area contributed by atoms with Crippen molar-refractivity contribution in [3.8, 4) is 0 Å². The van der Waals surface area contributed by atoms with Crippen LogP contribution in [0.25, 0.3) is 0 Å². The molecule has 130 valence electrons. The fraction of sp³-hybridized carbons (Fsp3) is 0.421. The lowest BCUT2D eigenvalue weighted by molar-refractivity contribution is 0.0633. The molecule has 2 aromatic heterocycles. The third kappa shape index (κ3) is 3.35. The Morgan fingerprint density at radius 2 is 2.00 bits per heavy atom. The molecule has 6 heteroatoms. The molecule has 0 saturated carbocycles. The van der Waals surface area contributed by atoms with Crippen LogP contribution in [-0.4, -0.2) is 53.5 Å². The van der Waals surface area contributed by atoms with Crippen LogP contribution in [0.5, 0.6) is 0 Å². The second-order valence-electron chi connectivity index (χ2n) is 6.60. The lowest BCUT2D eigenvalue weighted by atomic mass is 10.0. The summed E-state index contributed by atoms with van der Waals surface area (Å²) in [4.78, 5) is 26.0. The van der Waals surface area contributed by atoms with Crippen molar-refractivity contribution in [1.29, 1.82) is 0 Å². The number of carbonyl (C=O) groups is 1. The highest BCUT2D eigenvalue weighted by molar-refractivity contribution is 5.94. The predicted octanol–water partition coefficient (Wildman–Crippen LogP) is 1.86. The molecule has 1 amide bonds. The maximum atomic E-state index is 13.0. The lowest BCUT2D eigenvalue weighted by Gasteiger charge is -2.36. The van der Waals surface area contributed by atoms with Gasteiger partial charge in [0.2, 0.25) is 0 Å². The zero-order chi connectivity index (χ0) is 17.1. The maximum absolute atomic E-state index is 13.0. The molecule has 2 aliphatic heterocycles. The summed E-state index contributed by atoms with van der Waals surface area (Å²) in [5.74, 6) is 1.01. The minimum absolute atomic E-state index is 0.00760. The quantitative estimate of drug-likeness (QED) is 0.926. The molecule has 0 aromatic carbocycles. The van der Waals surface area contributed by atoms with Crippen LogP contribution in [0.1, 0.15) is 34.8 Å². The first-order valence-corrected chi connectivity index (χ1v) is 8.95. The van der Waals surface area contributed by atoms with Gasteiger partial charge in [-0.2, -0.15) is 0 Å². The van der Waals surface area contributed by atoms with Crippen molar-refractivity contribution in [2.24, 2.45) is 0 Å². The second-order valence-corrected chi connectivity index (χ2v) is 6.60. The van der Waals surface area contributed by atoms with Crippen molar-refractivity contribution in [2.45, 2.75) is 18.9 Å². The highest BCUT2D eigenvalue weighted by atomic mass is 16.2. The first kappa shape index (κ1) is 16.0. The van der Waals surface area contributed by atoms with Gasteiger partial charge in [-0.1, -0.05) is 6.07 Å². The Balaban J connectivity index is 1.54. The van der Waals surface area contributed by atoms with E-state index in [1.54, 1.807) is 12.4 Å². The summed E-state index contributed by atoms with van der Waals surface area (Å²) in [6.45, 7) is 4.35. The number of amides is 1. The lowest BCUT2D eigenvalue weighted by Crippen LogP contribution is -2.48. The number of hydrogen-bond donors (Lipinski definition) is 1. The number of nitrogens with zero attached hydrogens (tertiary/aromatic N) is 4. The molecular formula is C19H23N5O. The van der Waals surface area contributed by atoms with Gasteiger partial charge in [-0.3, -0.25) is 9.78 Å². The molecule has 25 heavy (non-hydrogen) atoms. The molecule has 6 nitrogen and oxygen atoms in total. The van der Waals surface area contributed by atoms with Crippen molar-refractivity contribution >= 4 is 11.7 Å². The van der Waals surface area contributed by atoms with Crippen LogP contribution in [0.15, 0.2) is 42.9 Å². The fourth-order valence-corrected chi connectivity index (χ4v) is 3.63. The van der Waals surface area contributed by atoms with Crippen molar-refractivity contribution in [3.05, 3.63) is 54.0 Å². The molecule has 0 bridgehead atoms. The molecule has 2 saturated heterocycles. The highest BCUT2D eigenvalue weighted by Crippen LogP contribution is 2.24. The number of anilines is 1. The zero-order valence-electron chi connectivity index (χ0n) is 14.3. The van der Waals surface area contributed by atoms with E-state index >= 15 is 0 Å². The molecule has 2 aliphatic rings. The number of piperazine rings is 1. The van der Waals surface area contributed by atoms with Gasteiger partial charge in [0.05, 0.1) is 11.6 Å². The van der Waals surface area contributed by atoms with Crippen molar-refractivity contribution in [1.82, 2.24) is 20.2 Å². The van der Waals surface area contributed by atoms with Gasteiger partial charge in [0.1, 0.15) is 5.82 Å². The summed E-state index contributed by atoms with van der Waals surface area (Å²) in [5.41, 5.74) is 1.71. The van der Waals surface area contributed by atoms with Gasteiger partial charge < -0.3 is 15.1 Å². The van der Waals surface area contributed by atoms with Gasteiger partial charge in [-0.25, -0.2) is 4.98 Å². The fourth-order valence-electron chi connectivity index (χ4n) is 3.63. The Morgan fingerprint density at radius 1 is 1.12 bits per heavy atom. The van der Waals surface area contributed by atoms with Crippen LogP contribution >= 0.6 is 0 Å².